The van der Waals surface area contributed by atoms with Gasteiger partial charge in [0.05, 0.1) is 6.04 Å². The third kappa shape index (κ3) is 3.00. The quantitative estimate of drug-likeness (QED) is 0.871. The van der Waals surface area contributed by atoms with Crippen molar-refractivity contribution in [2.24, 2.45) is 0 Å². The van der Waals surface area contributed by atoms with Crippen LogP contribution in [0, 0.1) is 0 Å². The Kier molecular flexibility index (Phi) is 4.19. The lowest BCUT2D eigenvalue weighted by Gasteiger charge is -2.21. The summed E-state index contributed by atoms with van der Waals surface area (Å²) >= 11 is 0. The van der Waals surface area contributed by atoms with Gasteiger partial charge in [0.2, 0.25) is 11.8 Å². The Hall–Kier alpha value is -1.14. The second-order valence-corrected chi connectivity index (χ2v) is 4.71. The fourth-order valence-corrected chi connectivity index (χ4v) is 2.05. The molecule has 2 heterocycles. The largest absolute Gasteiger partial charge is 0.408 e. The Bertz CT molecular complexity index is 413. The number of nitrogens with one attached hydrogen (secondary N) is 2. The zero-order valence-corrected chi connectivity index (χ0v) is 10.8. The summed E-state index contributed by atoms with van der Waals surface area (Å²) in [7, 11) is 0. The number of aromatic nitrogens is 2. The van der Waals surface area contributed by atoms with Gasteiger partial charge in [-0.2, -0.15) is 0 Å². The average Bonchev–Trinajstić information content (AvgIpc) is 3.12. The molecule has 6 nitrogen and oxygen atoms in total. The van der Waals surface area contributed by atoms with E-state index in [2.05, 4.69) is 20.8 Å². The van der Waals surface area contributed by atoms with Gasteiger partial charge in [0.25, 0.3) is 0 Å². The average molecular weight is 273 g/mol. The summed E-state index contributed by atoms with van der Waals surface area (Å²) in [5.41, 5.74) is 0. The van der Waals surface area contributed by atoms with E-state index < -0.39 is 0 Å². The predicted molar refractivity (Wildman–Crippen MR) is 67.8 cm³/mol. The van der Waals surface area contributed by atoms with Crippen LogP contribution >= 0.6 is 12.4 Å². The topological polar surface area (TPSA) is 80.1 Å². The van der Waals surface area contributed by atoms with E-state index in [0.29, 0.717) is 11.8 Å². The lowest BCUT2D eigenvalue weighted by Crippen LogP contribution is -2.43. The van der Waals surface area contributed by atoms with Crippen LogP contribution in [0.5, 0.6) is 0 Å². The second kappa shape index (κ2) is 5.67. The van der Waals surface area contributed by atoms with E-state index >= 15 is 0 Å². The first-order valence-electron chi connectivity index (χ1n) is 6.20. The number of carbonyl (C=O) groups is 1. The SMILES string of the molecule is Cl.O=C(Nc1nnc(C2CC2)o1)[C@H]1CCCCN1. The molecular formula is C11H17ClN4O2. The Labute approximate surface area is 111 Å². The van der Waals surface area contributed by atoms with E-state index in [0.717, 1.165) is 38.6 Å². The van der Waals surface area contributed by atoms with E-state index in [1.807, 2.05) is 0 Å². The Balaban J connectivity index is 0.00000120. The van der Waals surface area contributed by atoms with Crippen molar-refractivity contribution >= 4 is 24.3 Å². The minimum absolute atomic E-state index is 0. The highest BCUT2D eigenvalue weighted by molar-refractivity contribution is 5.93. The molecule has 1 saturated heterocycles. The van der Waals surface area contributed by atoms with Crippen molar-refractivity contribution in [2.75, 3.05) is 11.9 Å². The van der Waals surface area contributed by atoms with Gasteiger partial charge in [0, 0.05) is 5.92 Å². The molecule has 1 amide bonds. The highest BCUT2D eigenvalue weighted by atomic mass is 35.5. The zero-order valence-electron chi connectivity index (χ0n) is 10.0. The number of hydrogen-bond donors (Lipinski definition) is 2. The normalized spacial score (nSPS) is 23.2. The summed E-state index contributed by atoms with van der Waals surface area (Å²) in [6.07, 6.45) is 5.31. The molecule has 1 atom stereocenters. The third-order valence-electron chi connectivity index (χ3n) is 3.22. The van der Waals surface area contributed by atoms with Crippen LogP contribution in [-0.4, -0.2) is 28.7 Å². The molecule has 0 unspecified atom stereocenters. The maximum atomic E-state index is 11.9. The first-order chi connectivity index (χ1) is 8.33. The highest BCUT2D eigenvalue weighted by Crippen LogP contribution is 2.39. The Morgan fingerprint density at radius 3 is 2.78 bits per heavy atom. The molecule has 0 radical (unpaired) electrons. The van der Waals surface area contributed by atoms with Crippen LogP contribution in [0.3, 0.4) is 0 Å². The van der Waals surface area contributed by atoms with Gasteiger partial charge in [-0.3, -0.25) is 10.1 Å². The van der Waals surface area contributed by atoms with Crippen LogP contribution in [0.15, 0.2) is 4.42 Å². The molecule has 18 heavy (non-hydrogen) atoms. The molecule has 2 fully saturated rings. The molecule has 1 aliphatic heterocycles. The molecule has 0 spiro atoms. The number of piperidine rings is 1. The number of halogens is 1. The van der Waals surface area contributed by atoms with Crippen molar-refractivity contribution in [2.45, 2.75) is 44.1 Å². The monoisotopic (exact) mass is 272 g/mol. The van der Waals surface area contributed by atoms with Crippen molar-refractivity contribution < 1.29 is 9.21 Å². The van der Waals surface area contributed by atoms with Crippen molar-refractivity contribution in [3.8, 4) is 0 Å². The number of nitrogens with zero attached hydrogens (tertiary/aromatic N) is 2. The number of hydrogen-bond acceptors (Lipinski definition) is 5. The van der Waals surface area contributed by atoms with Gasteiger partial charge >= 0.3 is 6.01 Å². The molecule has 7 heteroatoms. The van der Waals surface area contributed by atoms with Crippen molar-refractivity contribution in [1.82, 2.24) is 15.5 Å². The van der Waals surface area contributed by atoms with Gasteiger partial charge in [-0.1, -0.05) is 11.5 Å². The van der Waals surface area contributed by atoms with Crippen molar-refractivity contribution in [3.05, 3.63) is 5.89 Å². The Morgan fingerprint density at radius 2 is 2.11 bits per heavy atom. The van der Waals surface area contributed by atoms with Gasteiger partial charge in [0.15, 0.2) is 0 Å². The number of anilines is 1. The van der Waals surface area contributed by atoms with Gasteiger partial charge in [0.1, 0.15) is 0 Å². The van der Waals surface area contributed by atoms with Gasteiger partial charge in [-0.05, 0) is 32.2 Å². The van der Waals surface area contributed by atoms with Crippen LogP contribution < -0.4 is 10.6 Å². The molecular weight excluding hydrogens is 256 g/mol. The molecule has 0 bridgehead atoms. The molecule has 1 aliphatic carbocycles. The maximum absolute atomic E-state index is 11.9. The smallest absolute Gasteiger partial charge is 0.322 e. The predicted octanol–water partition coefficient (Wildman–Crippen LogP) is 1.45. The summed E-state index contributed by atoms with van der Waals surface area (Å²) in [5, 5.41) is 13.6. The number of rotatable bonds is 3. The van der Waals surface area contributed by atoms with E-state index in [1.165, 1.54) is 0 Å². The van der Waals surface area contributed by atoms with E-state index in [4.69, 9.17) is 4.42 Å². The van der Waals surface area contributed by atoms with E-state index in [1.54, 1.807) is 0 Å². The fraction of sp³-hybridized carbons (Fsp3) is 0.727. The summed E-state index contributed by atoms with van der Waals surface area (Å²) < 4.78 is 5.39. The lowest BCUT2D eigenvalue weighted by molar-refractivity contribution is -0.118. The van der Waals surface area contributed by atoms with Crippen LogP contribution in [0.1, 0.15) is 43.9 Å². The standard InChI is InChI=1S/C11H16N4O2.ClH/c16-9(8-3-1-2-6-12-8)13-11-15-14-10(17-11)7-4-5-7;/h7-8,12H,1-6H2,(H,13,15,16);1H/t8-;/m1./s1. The van der Waals surface area contributed by atoms with Crippen LogP contribution in [0.2, 0.25) is 0 Å². The summed E-state index contributed by atoms with van der Waals surface area (Å²) in [5.74, 6) is 0.994. The van der Waals surface area contributed by atoms with Gasteiger partial charge < -0.3 is 9.73 Å². The first-order valence-corrected chi connectivity index (χ1v) is 6.20. The molecule has 100 valence electrons. The Morgan fingerprint density at radius 1 is 1.28 bits per heavy atom. The van der Waals surface area contributed by atoms with E-state index in [9.17, 15) is 4.79 Å². The summed E-state index contributed by atoms with van der Waals surface area (Å²) in [4.78, 5) is 11.9. The van der Waals surface area contributed by atoms with Crippen molar-refractivity contribution in [1.29, 1.82) is 0 Å². The summed E-state index contributed by atoms with van der Waals surface area (Å²) in [6, 6.07) is 0.101. The minimum atomic E-state index is -0.125. The van der Waals surface area contributed by atoms with Crippen LogP contribution in [-0.2, 0) is 4.79 Å². The van der Waals surface area contributed by atoms with Crippen LogP contribution in [0.25, 0.3) is 0 Å². The summed E-state index contributed by atoms with van der Waals surface area (Å²) in [6.45, 7) is 0.898. The third-order valence-corrected chi connectivity index (χ3v) is 3.22. The molecule has 2 N–H and O–H groups in total. The maximum Gasteiger partial charge on any atom is 0.322 e. The number of amides is 1. The molecule has 1 saturated carbocycles. The van der Waals surface area contributed by atoms with Gasteiger partial charge in [-0.15, -0.1) is 17.5 Å². The lowest BCUT2D eigenvalue weighted by atomic mass is 10.0. The number of carbonyl (C=O) groups excluding carboxylic acids is 1. The molecule has 1 aromatic heterocycles. The fourth-order valence-electron chi connectivity index (χ4n) is 2.05. The molecule has 0 aromatic carbocycles. The van der Waals surface area contributed by atoms with Crippen molar-refractivity contribution in [3.63, 3.8) is 0 Å². The molecule has 3 rings (SSSR count). The molecule has 1 aromatic rings. The van der Waals surface area contributed by atoms with Gasteiger partial charge in [-0.25, -0.2) is 0 Å². The minimum Gasteiger partial charge on any atom is -0.408 e. The first kappa shape index (κ1) is 13.3. The second-order valence-electron chi connectivity index (χ2n) is 4.71. The molecule has 2 aliphatic rings. The van der Waals surface area contributed by atoms with E-state index in [-0.39, 0.29) is 30.4 Å². The van der Waals surface area contributed by atoms with Crippen LogP contribution in [0.4, 0.5) is 6.01 Å². The highest BCUT2D eigenvalue weighted by Gasteiger charge is 2.30. The zero-order chi connectivity index (χ0) is 11.7.